The van der Waals surface area contributed by atoms with E-state index in [4.69, 9.17) is 9.47 Å². The van der Waals surface area contributed by atoms with E-state index in [0.717, 1.165) is 64.2 Å². The molecule has 5 aliphatic carbocycles. The average Bonchev–Trinajstić information content (AvgIpc) is 3.57. The van der Waals surface area contributed by atoms with E-state index < -0.39 is 17.0 Å². The largest absolute Gasteiger partial charge is 0.481 e. The summed E-state index contributed by atoms with van der Waals surface area (Å²) in [5, 5.41) is 21.8. The number of aliphatic carboxylic acids is 1. The Morgan fingerprint density at radius 3 is 2.23 bits per heavy atom. The van der Waals surface area contributed by atoms with Gasteiger partial charge in [-0.15, -0.1) is 0 Å². The first kappa shape index (κ1) is 29.0. The molecule has 0 aromatic heterocycles. The van der Waals surface area contributed by atoms with Crippen LogP contribution in [-0.4, -0.2) is 47.1 Å². The maximum Gasteiger partial charge on any atom is 0.309 e. The van der Waals surface area contributed by atoms with Gasteiger partial charge >= 0.3 is 11.9 Å². The molecule has 0 bridgehead atoms. The molecule has 5 unspecified atom stereocenters. The smallest absolute Gasteiger partial charge is 0.309 e. The quantitative estimate of drug-likeness (QED) is 0.281. The van der Waals surface area contributed by atoms with Crippen LogP contribution in [0.5, 0.6) is 0 Å². The van der Waals surface area contributed by atoms with E-state index in [-0.39, 0.29) is 52.2 Å². The van der Waals surface area contributed by atoms with Crippen molar-refractivity contribution < 1.29 is 29.3 Å². The fraction of sp³-hybridized carbons (Fsp3) is 0.941. The molecule has 1 heterocycles. The van der Waals surface area contributed by atoms with Gasteiger partial charge in [-0.2, -0.15) is 0 Å². The predicted octanol–water partition coefficient (Wildman–Crippen LogP) is 6.63. The number of carbonyl (C=O) groups excluding carboxylic acids is 1. The lowest BCUT2D eigenvalue weighted by Gasteiger charge is -2.72. The molecule has 0 amide bonds. The van der Waals surface area contributed by atoms with Gasteiger partial charge < -0.3 is 19.7 Å². The van der Waals surface area contributed by atoms with Crippen LogP contribution in [-0.2, 0) is 19.1 Å². The highest BCUT2D eigenvalue weighted by Crippen LogP contribution is 2.78. The van der Waals surface area contributed by atoms with Crippen molar-refractivity contribution in [3.8, 4) is 0 Å². The summed E-state index contributed by atoms with van der Waals surface area (Å²) < 4.78 is 11.9. The molecule has 6 heteroatoms. The van der Waals surface area contributed by atoms with E-state index in [9.17, 15) is 19.8 Å². The van der Waals surface area contributed by atoms with Crippen LogP contribution in [0.2, 0.25) is 0 Å². The monoisotopic (exact) mass is 558 g/mol. The lowest BCUT2D eigenvalue weighted by Crippen LogP contribution is -2.67. The first-order valence-corrected chi connectivity index (χ1v) is 16.4. The number of carboxylic acid groups (broad SMARTS) is 1. The van der Waals surface area contributed by atoms with Crippen molar-refractivity contribution in [1.29, 1.82) is 0 Å². The number of carbonyl (C=O) groups is 2. The Bertz CT molecular complexity index is 1050. The van der Waals surface area contributed by atoms with Crippen molar-refractivity contribution >= 4 is 11.9 Å². The van der Waals surface area contributed by atoms with E-state index in [1.54, 1.807) is 0 Å². The second-order valence-corrected chi connectivity index (χ2v) is 16.4. The van der Waals surface area contributed by atoms with Gasteiger partial charge in [0.2, 0.25) is 0 Å². The number of fused-ring (bicyclic) bond motifs is 7. The summed E-state index contributed by atoms with van der Waals surface area (Å²) in [7, 11) is 0. The SMILES string of the molecule is CCCC(=O)OCC1([C@@H]2CC[C@]3(C(=O)O)CC[C@]4(C)C(CCC5[C@@]6(C)CC[C@@H](O)C(C)(C)C6CC[C@]54C)C23)CO1. The van der Waals surface area contributed by atoms with Crippen LogP contribution in [0.4, 0.5) is 0 Å². The van der Waals surface area contributed by atoms with Crippen LogP contribution in [0.3, 0.4) is 0 Å². The standard InChI is InChI=1S/C34H54O6/c1-7-8-26(36)39-19-34(20-40-34)22-11-16-33(28(37)38)18-17-31(5)21(27(22)33)9-10-24-30(4)14-13-25(35)29(2,3)23(30)12-15-32(24,31)6/h21-25,27,35H,7-20H2,1-6H3,(H,37,38)/t21?,22-,23?,24?,25-,27?,30+,31-,32-,33+,34?/m1/s1. The molecule has 0 aromatic rings. The predicted molar refractivity (Wildman–Crippen MR) is 152 cm³/mol. The second-order valence-electron chi connectivity index (χ2n) is 16.4. The average molecular weight is 559 g/mol. The van der Waals surface area contributed by atoms with Crippen LogP contribution in [0.1, 0.15) is 119 Å². The zero-order valence-electron chi connectivity index (χ0n) is 25.9. The first-order valence-electron chi connectivity index (χ1n) is 16.4. The van der Waals surface area contributed by atoms with Crippen molar-refractivity contribution in [2.24, 2.45) is 56.7 Å². The molecule has 5 saturated carbocycles. The molecule has 6 nitrogen and oxygen atoms in total. The summed E-state index contributed by atoms with van der Waals surface area (Å²) in [5.41, 5.74) is -0.863. The number of aliphatic hydroxyl groups excluding tert-OH is 1. The molecular weight excluding hydrogens is 504 g/mol. The van der Waals surface area contributed by atoms with Gasteiger partial charge in [-0.3, -0.25) is 9.59 Å². The van der Waals surface area contributed by atoms with E-state index in [1.165, 1.54) is 0 Å². The topological polar surface area (TPSA) is 96.4 Å². The number of esters is 1. The third-order valence-corrected chi connectivity index (χ3v) is 15.0. The summed E-state index contributed by atoms with van der Waals surface area (Å²) >= 11 is 0. The maximum atomic E-state index is 13.1. The van der Waals surface area contributed by atoms with Gasteiger partial charge in [0.05, 0.1) is 18.1 Å². The number of aliphatic hydroxyl groups is 1. The van der Waals surface area contributed by atoms with Gasteiger partial charge in [-0.25, -0.2) is 0 Å². The van der Waals surface area contributed by atoms with E-state index in [2.05, 4.69) is 34.6 Å². The Morgan fingerprint density at radius 2 is 1.57 bits per heavy atom. The van der Waals surface area contributed by atoms with Gasteiger partial charge in [0.25, 0.3) is 0 Å². The Balaban J connectivity index is 1.34. The number of hydrogen-bond donors (Lipinski definition) is 2. The summed E-state index contributed by atoms with van der Waals surface area (Å²) in [6.07, 6.45) is 10.7. The number of ether oxygens (including phenoxy) is 2. The molecule has 1 saturated heterocycles. The summed E-state index contributed by atoms with van der Waals surface area (Å²) in [5.74, 6) is 0.830. The lowest BCUT2D eigenvalue weighted by atomic mass is 9.32. The number of carboxylic acids is 1. The summed E-state index contributed by atoms with van der Waals surface area (Å²) in [4.78, 5) is 25.4. The number of rotatable bonds is 6. The molecule has 0 spiro atoms. The van der Waals surface area contributed by atoms with Gasteiger partial charge in [-0.1, -0.05) is 41.5 Å². The van der Waals surface area contributed by atoms with Crippen molar-refractivity contribution in [3.05, 3.63) is 0 Å². The van der Waals surface area contributed by atoms with E-state index >= 15 is 0 Å². The van der Waals surface area contributed by atoms with Gasteiger partial charge in [0.1, 0.15) is 12.2 Å². The highest BCUT2D eigenvalue weighted by molar-refractivity contribution is 5.76. The Kier molecular flexibility index (Phi) is 6.64. The van der Waals surface area contributed by atoms with Crippen molar-refractivity contribution in [2.45, 2.75) is 130 Å². The maximum absolute atomic E-state index is 13.1. The zero-order valence-corrected chi connectivity index (χ0v) is 25.9. The zero-order chi connectivity index (χ0) is 28.9. The second kappa shape index (κ2) is 9.18. The van der Waals surface area contributed by atoms with E-state index in [1.807, 2.05) is 6.92 Å². The highest BCUT2D eigenvalue weighted by Gasteiger charge is 2.74. The van der Waals surface area contributed by atoms with Crippen molar-refractivity contribution in [1.82, 2.24) is 0 Å². The fourth-order valence-electron chi connectivity index (χ4n) is 12.5. The number of epoxide rings is 1. The minimum absolute atomic E-state index is 0.0593. The first-order chi connectivity index (χ1) is 18.7. The summed E-state index contributed by atoms with van der Waals surface area (Å²) in [6, 6.07) is 0. The lowest BCUT2D eigenvalue weighted by molar-refractivity contribution is -0.250. The minimum Gasteiger partial charge on any atom is -0.481 e. The molecule has 0 aromatic carbocycles. The molecule has 40 heavy (non-hydrogen) atoms. The van der Waals surface area contributed by atoms with Crippen molar-refractivity contribution in [3.63, 3.8) is 0 Å². The number of hydrogen-bond acceptors (Lipinski definition) is 5. The molecule has 0 radical (unpaired) electrons. The van der Waals surface area contributed by atoms with Crippen LogP contribution < -0.4 is 0 Å². The molecule has 6 aliphatic rings. The third-order valence-electron chi connectivity index (χ3n) is 15.0. The summed E-state index contributed by atoms with van der Waals surface area (Å²) in [6.45, 7) is 15.0. The Labute approximate surface area is 241 Å². The molecule has 226 valence electrons. The van der Waals surface area contributed by atoms with Gasteiger partial charge in [-0.05, 0) is 122 Å². The Hall–Kier alpha value is -1.14. The van der Waals surface area contributed by atoms with Crippen LogP contribution in [0.15, 0.2) is 0 Å². The van der Waals surface area contributed by atoms with Crippen molar-refractivity contribution in [2.75, 3.05) is 13.2 Å². The van der Waals surface area contributed by atoms with Crippen LogP contribution in [0, 0.1) is 56.7 Å². The fourth-order valence-corrected chi connectivity index (χ4v) is 12.5. The molecular formula is C34H54O6. The van der Waals surface area contributed by atoms with Crippen LogP contribution in [0.25, 0.3) is 0 Å². The molecule has 2 N–H and O–H groups in total. The van der Waals surface area contributed by atoms with Crippen LogP contribution >= 0.6 is 0 Å². The third kappa shape index (κ3) is 3.66. The molecule has 11 atom stereocenters. The minimum atomic E-state index is -0.692. The molecule has 6 rings (SSSR count). The normalized spacial score (nSPS) is 52.5. The van der Waals surface area contributed by atoms with E-state index in [0.29, 0.717) is 37.2 Å². The van der Waals surface area contributed by atoms with Gasteiger partial charge in [0.15, 0.2) is 0 Å². The molecule has 1 aliphatic heterocycles. The molecule has 6 fully saturated rings. The Morgan fingerprint density at radius 1 is 0.850 bits per heavy atom. The highest BCUT2D eigenvalue weighted by atomic mass is 16.6. The van der Waals surface area contributed by atoms with Gasteiger partial charge in [0, 0.05) is 6.42 Å².